The third-order valence-corrected chi connectivity index (χ3v) is 2.98. The molecule has 0 saturated carbocycles. The second kappa shape index (κ2) is 6.43. The number of ketones is 1. The molecule has 0 saturated heterocycles. The lowest BCUT2D eigenvalue weighted by atomic mass is 10.1. The maximum atomic E-state index is 12.4. The molecule has 2 aromatic rings. The lowest BCUT2D eigenvalue weighted by Crippen LogP contribution is -2.29. The molecule has 0 spiro atoms. The molecule has 6 heteroatoms. The van der Waals surface area contributed by atoms with Crippen molar-refractivity contribution in [3.63, 3.8) is 0 Å². The number of Topliss-reactive ketones (excluding diaryl/α,β-unsaturated/α-hetero) is 1. The van der Waals surface area contributed by atoms with E-state index in [4.69, 9.17) is 0 Å². The molecule has 2 aromatic carbocycles. The molecule has 0 unspecified atom stereocenters. The molecule has 3 nitrogen and oxygen atoms in total. The van der Waals surface area contributed by atoms with Crippen LogP contribution in [0.1, 0.15) is 26.3 Å². The maximum Gasteiger partial charge on any atom is 0.416 e. The van der Waals surface area contributed by atoms with Gasteiger partial charge >= 0.3 is 6.18 Å². The highest BCUT2D eigenvalue weighted by Gasteiger charge is 2.30. The highest BCUT2D eigenvalue weighted by atomic mass is 19.4. The first-order chi connectivity index (χ1) is 10.4. The van der Waals surface area contributed by atoms with E-state index in [9.17, 15) is 22.8 Å². The largest absolute Gasteiger partial charge is 0.416 e. The summed E-state index contributed by atoms with van der Waals surface area (Å²) in [4.78, 5) is 23.6. The summed E-state index contributed by atoms with van der Waals surface area (Å²) in [5.74, 6) is -0.876. The summed E-state index contributed by atoms with van der Waals surface area (Å²) >= 11 is 0. The van der Waals surface area contributed by atoms with E-state index in [0.717, 1.165) is 24.3 Å². The second-order valence-corrected chi connectivity index (χ2v) is 4.55. The monoisotopic (exact) mass is 307 g/mol. The van der Waals surface area contributed by atoms with Crippen molar-refractivity contribution >= 4 is 11.7 Å². The summed E-state index contributed by atoms with van der Waals surface area (Å²) in [6, 6.07) is 12.2. The zero-order valence-corrected chi connectivity index (χ0v) is 11.4. The first kappa shape index (κ1) is 15.8. The Hall–Kier alpha value is -2.63. The Labute approximate surface area is 124 Å². The van der Waals surface area contributed by atoms with Crippen molar-refractivity contribution in [2.75, 3.05) is 6.54 Å². The van der Waals surface area contributed by atoms with E-state index < -0.39 is 17.6 Å². The Morgan fingerprint density at radius 2 is 1.45 bits per heavy atom. The topological polar surface area (TPSA) is 46.2 Å². The summed E-state index contributed by atoms with van der Waals surface area (Å²) in [6.45, 7) is -0.218. The van der Waals surface area contributed by atoms with Gasteiger partial charge in [0.2, 0.25) is 0 Å². The summed E-state index contributed by atoms with van der Waals surface area (Å²) in [6.07, 6.45) is -4.45. The molecule has 114 valence electrons. The van der Waals surface area contributed by atoms with Gasteiger partial charge in [-0.2, -0.15) is 13.2 Å². The molecule has 0 bridgehead atoms. The Morgan fingerprint density at radius 3 is 2.00 bits per heavy atom. The number of rotatable bonds is 4. The molecule has 2 rings (SSSR count). The Morgan fingerprint density at radius 1 is 0.864 bits per heavy atom. The molecule has 22 heavy (non-hydrogen) atoms. The summed E-state index contributed by atoms with van der Waals surface area (Å²) in [5, 5.41) is 2.39. The van der Waals surface area contributed by atoms with Crippen molar-refractivity contribution in [3.05, 3.63) is 71.3 Å². The Balaban J connectivity index is 1.97. The van der Waals surface area contributed by atoms with Crippen LogP contribution >= 0.6 is 0 Å². The van der Waals surface area contributed by atoms with Crippen LogP contribution in [0.3, 0.4) is 0 Å². The van der Waals surface area contributed by atoms with E-state index in [2.05, 4.69) is 5.32 Å². The predicted octanol–water partition coefficient (Wildman–Crippen LogP) is 3.32. The van der Waals surface area contributed by atoms with Crippen LogP contribution < -0.4 is 5.32 Å². The fraction of sp³-hybridized carbons (Fsp3) is 0.125. The minimum Gasteiger partial charge on any atom is -0.345 e. The number of carbonyl (C=O) groups is 2. The highest BCUT2D eigenvalue weighted by molar-refractivity contribution is 6.02. The number of carbonyl (C=O) groups excluding carboxylic acids is 2. The number of benzene rings is 2. The van der Waals surface area contributed by atoms with Crippen molar-refractivity contribution in [1.82, 2.24) is 5.32 Å². The SMILES string of the molecule is O=C(CNC(=O)c1ccc(C(F)(F)F)cc1)c1ccccc1. The van der Waals surface area contributed by atoms with E-state index in [1.807, 2.05) is 0 Å². The third-order valence-electron chi connectivity index (χ3n) is 2.98. The molecular weight excluding hydrogens is 295 g/mol. The molecule has 0 fully saturated rings. The lowest BCUT2D eigenvalue weighted by Gasteiger charge is -2.08. The van der Waals surface area contributed by atoms with Crippen LogP contribution in [0.25, 0.3) is 0 Å². The van der Waals surface area contributed by atoms with Gasteiger partial charge in [0, 0.05) is 11.1 Å². The zero-order chi connectivity index (χ0) is 16.2. The van der Waals surface area contributed by atoms with Gasteiger partial charge in [0.15, 0.2) is 5.78 Å². The minimum atomic E-state index is -4.45. The summed E-state index contributed by atoms with van der Waals surface area (Å²) in [5.41, 5.74) is -0.312. The van der Waals surface area contributed by atoms with E-state index in [-0.39, 0.29) is 17.9 Å². The number of hydrogen-bond acceptors (Lipinski definition) is 2. The predicted molar refractivity (Wildman–Crippen MR) is 74.5 cm³/mol. The molecule has 0 aliphatic heterocycles. The van der Waals surface area contributed by atoms with Gasteiger partial charge in [0.1, 0.15) is 0 Å². The average molecular weight is 307 g/mol. The van der Waals surface area contributed by atoms with Crippen molar-refractivity contribution < 1.29 is 22.8 Å². The first-order valence-electron chi connectivity index (χ1n) is 6.41. The number of amides is 1. The Kier molecular flexibility index (Phi) is 4.60. The molecule has 0 atom stereocenters. The van der Waals surface area contributed by atoms with E-state index >= 15 is 0 Å². The van der Waals surface area contributed by atoms with E-state index in [1.165, 1.54) is 0 Å². The smallest absolute Gasteiger partial charge is 0.345 e. The summed E-state index contributed by atoms with van der Waals surface area (Å²) < 4.78 is 37.3. The van der Waals surface area contributed by atoms with Crippen molar-refractivity contribution in [2.24, 2.45) is 0 Å². The fourth-order valence-electron chi connectivity index (χ4n) is 1.80. The van der Waals surface area contributed by atoms with Crippen LogP contribution in [0.2, 0.25) is 0 Å². The molecule has 0 radical (unpaired) electrons. The molecule has 0 aliphatic rings. The van der Waals surface area contributed by atoms with Crippen LogP contribution in [0, 0.1) is 0 Å². The normalized spacial score (nSPS) is 11.0. The van der Waals surface area contributed by atoms with Gasteiger partial charge in [-0.3, -0.25) is 9.59 Å². The molecule has 1 amide bonds. The van der Waals surface area contributed by atoms with Gasteiger partial charge in [-0.25, -0.2) is 0 Å². The van der Waals surface area contributed by atoms with Gasteiger partial charge in [-0.15, -0.1) is 0 Å². The van der Waals surface area contributed by atoms with Gasteiger partial charge in [0.05, 0.1) is 12.1 Å². The highest BCUT2D eigenvalue weighted by Crippen LogP contribution is 2.29. The Bertz CT molecular complexity index is 664. The number of nitrogens with one attached hydrogen (secondary N) is 1. The average Bonchev–Trinajstić information content (AvgIpc) is 2.52. The van der Waals surface area contributed by atoms with Crippen molar-refractivity contribution in [3.8, 4) is 0 Å². The van der Waals surface area contributed by atoms with E-state index in [1.54, 1.807) is 30.3 Å². The van der Waals surface area contributed by atoms with Crippen LogP contribution in [0.5, 0.6) is 0 Å². The maximum absolute atomic E-state index is 12.4. The molecule has 0 aliphatic carbocycles. The fourth-order valence-corrected chi connectivity index (χ4v) is 1.80. The van der Waals surface area contributed by atoms with Gasteiger partial charge in [0.25, 0.3) is 5.91 Å². The standard InChI is InChI=1S/C16H12F3NO2/c17-16(18,19)13-8-6-12(7-9-13)15(22)20-10-14(21)11-4-2-1-3-5-11/h1-9H,10H2,(H,20,22). The van der Waals surface area contributed by atoms with Crippen LogP contribution in [-0.4, -0.2) is 18.2 Å². The van der Waals surface area contributed by atoms with Crippen LogP contribution in [0.15, 0.2) is 54.6 Å². The summed E-state index contributed by atoms with van der Waals surface area (Å²) in [7, 11) is 0. The van der Waals surface area contributed by atoms with Gasteiger partial charge < -0.3 is 5.32 Å². The molecule has 0 aromatic heterocycles. The number of alkyl halides is 3. The lowest BCUT2D eigenvalue weighted by molar-refractivity contribution is -0.137. The first-order valence-corrected chi connectivity index (χ1v) is 6.41. The zero-order valence-electron chi connectivity index (χ0n) is 11.4. The minimum absolute atomic E-state index is 0.0638. The molecule has 1 N–H and O–H groups in total. The second-order valence-electron chi connectivity index (χ2n) is 4.55. The third kappa shape index (κ3) is 3.94. The van der Waals surface area contributed by atoms with Crippen LogP contribution in [-0.2, 0) is 6.18 Å². The number of hydrogen-bond donors (Lipinski definition) is 1. The van der Waals surface area contributed by atoms with E-state index in [0.29, 0.717) is 5.56 Å². The molecular formula is C16H12F3NO2. The van der Waals surface area contributed by atoms with Crippen LogP contribution in [0.4, 0.5) is 13.2 Å². The van der Waals surface area contributed by atoms with Gasteiger partial charge in [-0.1, -0.05) is 30.3 Å². The number of halogens is 3. The van der Waals surface area contributed by atoms with Gasteiger partial charge in [-0.05, 0) is 24.3 Å². The van der Waals surface area contributed by atoms with Crippen molar-refractivity contribution in [2.45, 2.75) is 6.18 Å². The molecule has 0 heterocycles. The quantitative estimate of drug-likeness (QED) is 0.881. The van der Waals surface area contributed by atoms with Crippen molar-refractivity contribution in [1.29, 1.82) is 0 Å².